The Bertz CT molecular complexity index is 388. The number of benzene rings is 1. The van der Waals surface area contributed by atoms with Crippen LogP contribution in [0.15, 0.2) is 30.3 Å². The van der Waals surface area contributed by atoms with Gasteiger partial charge < -0.3 is 4.74 Å². The average Bonchev–Trinajstić information content (AvgIpc) is 2.33. The molecule has 1 aromatic carbocycles. The van der Waals surface area contributed by atoms with Crippen LogP contribution in [0.5, 0.6) is 0 Å². The number of nitrogens with one attached hydrogen (secondary N) is 1. The van der Waals surface area contributed by atoms with E-state index in [0.29, 0.717) is 5.92 Å². The molecule has 1 aromatic rings. The van der Waals surface area contributed by atoms with E-state index >= 15 is 0 Å². The Hall–Kier alpha value is -1.35. The molecule has 0 spiro atoms. The van der Waals surface area contributed by atoms with Crippen molar-refractivity contribution in [2.45, 2.75) is 39.0 Å². The SMILES string of the molecule is CC(C)[C@H]1OC(=O)[C@H](C)N[C@H]1c1ccccc1. The Kier molecular flexibility index (Phi) is 3.48. The van der Waals surface area contributed by atoms with Crippen LogP contribution in [0.3, 0.4) is 0 Å². The third kappa shape index (κ3) is 2.50. The van der Waals surface area contributed by atoms with Gasteiger partial charge in [0.1, 0.15) is 12.1 Å². The number of cyclic esters (lactones) is 1. The summed E-state index contributed by atoms with van der Waals surface area (Å²) in [5, 5.41) is 3.34. The molecule has 1 saturated heterocycles. The molecule has 1 aliphatic heterocycles. The predicted molar refractivity (Wildman–Crippen MR) is 66.5 cm³/mol. The fraction of sp³-hybridized carbons (Fsp3) is 0.500. The Labute approximate surface area is 102 Å². The van der Waals surface area contributed by atoms with E-state index in [0.717, 1.165) is 0 Å². The summed E-state index contributed by atoms with van der Waals surface area (Å²) in [6.07, 6.45) is -0.0962. The summed E-state index contributed by atoms with van der Waals surface area (Å²) in [7, 11) is 0. The molecule has 1 heterocycles. The third-order valence-electron chi connectivity index (χ3n) is 3.18. The first-order valence-electron chi connectivity index (χ1n) is 6.11. The monoisotopic (exact) mass is 233 g/mol. The molecule has 0 amide bonds. The second kappa shape index (κ2) is 4.88. The molecule has 0 saturated carbocycles. The van der Waals surface area contributed by atoms with Gasteiger partial charge in [0.25, 0.3) is 0 Å². The number of hydrogen-bond acceptors (Lipinski definition) is 3. The second-order valence-electron chi connectivity index (χ2n) is 4.92. The van der Waals surface area contributed by atoms with Gasteiger partial charge in [-0.1, -0.05) is 44.2 Å². The van der Waals surface area contributed by atoms with Gasteiger partial charge in [-0.05, 0) is 18.4 Å². The zero-order valence-electron chi connectivity index (χ0n) is 10.5. The molecule has 0 unspecified atom stereocenters. The van der Waals surface area contributed by atoms with Gasteiger partial charge in [0.05, 0.1) is 6.04 Å². The Morgan fingerprint density at radius 1 is 1.24 bits per heavy atom. The minimum absolute atomic E-state index is 0.0869. The van der Waals surface area contributed by atoms with E-state index in [4.69, 9.17) is 4.74 Å². The van der Waals surface area contributed by atoms with Gasteiger partial charge in [0.2, 0.25) is 0 Å². The molecule has 17 heavy (non-hydrogen) atoms. The molecule has 1 N–H and O–H groups in total. The fourth-order valence-electron chi connectivity index (χ4n) is 2.20. The highest BCUT2D eigenvalue weighted by molar-refractivity contribution is 5.76. The van der Waals surface area contributed by atoms with Crippen LogP contribution >= 0.6 is 0 Å². The summed E-state index contributed by atoms with van der Waals surface area (Å²) in [5.41, 5.74) is 1.17. The molecule has 2 rings (SSSR count). The lowest BCUT2D eigenvalue weighted by molar-refractivity contribution is -0.162. The number of esters is 1. The number of hydrogen-bond donors (Lipinski definition) is 1. The maximum absolute atomic E-state index is 11.6. The van der Waals surface area contributed by atoms with Crippen LogP contribution in [0.1, 0.15) is 32.4 Å². The van der Waals surface area contributed by atoms with Crippen molar-refractivity contribution >= 4 is 5.97 Å². The molecule has 0 bridgehead atoms. The molecule has 3 heteroatoms. The first-order chi connectivity index (χ1) is 8.09. The molecule has 1 fully saturated rings. The lowest BCUT2D eigenvalue weighted by Gasteiger charge is -2.37. The van der Waals surface area contributed by atoms with E-state index in [1.165, 1.54) is 5.56 Å². The van der Waals surface area contributed by atoms with Crippen molar-refractivity contribution in [3.8, 4) is 0 Å². The van der Waals surface area contributed by atoms with Gasteiger partial charge in [-0.25, -0.2) is 0 Å². The van der Waals surface area contributed by atoms with Gasteiger partial charge in [0.15, 0.2) is 0 Å². The molecule has 3 nitrogen and oxygen atoms in total. The molecule has 1 aliphatic rings. The maximum atomic E-state index is 11.6. The summed E-state index contributed by atoms with van der Waals surface area (Å²) in [5.74, 6) is 0.139. The Balaban J connectivity index is 2.26. The molecular formula is C14H19NO2. The first-order valence-corrected chi connectivity index (χ1v) is 6.11. The van der Waals surface area contributed by atoms with Crippen molar-refractivity contribution in [1.82, 2.24) is 5.32 Å². The molecule has 0 aromatic heterocycles. The standard InChI is InChI=1S/C14H19NO2/c1-9(2)13-12(11-7-5-4-6-8-11)15-10(3)14(16)17-13/h4-10,12-13,15H,1-3H3/t10-,12-,13+/m0/s1. The van der Waals surface area contributed by atoms with Gasteiger partial charge in [-0.2, -0.15) is 0 Å². The summed E-state index contributed by atoms with van der Waals surface area (Å²) in [6.45, 7) is 5.99. The van der Waals surface area contributed by atoms with Crippen LogP contribution in [0.25, 0.3) is 0 Å². The molecular weight excluding hydrogens is 214 g/mol. The van der Waals surface area contributed by atoms with Crippen molar-refractivity contribution in [3.63, 3.8) is 0 Å². The van der Waals surface area contributed by atoms with Crippen LogP contribution < -0.4 is 5.32 Å². The number of carbonyl (C=O) groups excluding carboxylic acids is 1. The molecule has 3 atom stereocenters. The zero-order valence-corrected chi connectivity index (χ0v) is 10.5. The third-order valence-corrected chi connectivity index (χ3v) is 3.18. The van der Waals surface area contributed by atoms with E-state index in [1.54, 1.807) is 0 Å². The minimum Gasteiger partial charge on any atom is -0.459 e. The summed E-state index contributed by atoms with van der Waals surface area (Å²) < 4.78 is 5.53. The summed E-state index contributed by atoms with van der Waals surface area (Å²) in [4.78, 5) is 11.6. The van der Waals surface area contributed by atoms with E-state index in [2.05, 4.69) is 31.3 Å². The quantitative estimate of drug-likeness (QED) is 0.796. The van der Waals surface area contributed by atoms with Crippen LogP contribution in [0, 0.1) is 5.92 Å². The highest BCUT2D eigenvalue weighted by Gasteiger charge is 2.37. The van der Waals surface area contributed by atoms with E-state index in [9.17, 15) is 4.79 Å². The van der Waals surface area contributed by atoms with Crippen LogP contribution in [0.4, 0.5) is 0 Å². The fourth-order valence-corrected chi connectivity index (χ4v) is 2.20. The van der Waals surface area contributed by atoms with Gasteiger partial charge in [-0.15, -0.1) is 0 Å². The van der Waals surface area contributed by atoms with Gasteiger partial charge in [0, 0.05) is 0 Å². The maximum Gasteiger partial charge on any atom is 0.323 e. The van der Waals surface area contributed by atoms with E-state index < -0.39 is 0 Å². The van der Waals surface area contributed by atoms with Gasteiger partial charge in [-0.3, -0.25) is 10.1 Å². The van der Waals surface area contributed by atoms with E-state index in [-0.39, 0.29) is 24.2 Å². The molecule has 0 aliphatic carbocycles. The van der Waals surface area contributed by atoms with Crippen molar-refractivity contribution in [2.24, 2.45) is 5.92 Å². The highest BCUT2D eigenvalue weighted by Crippen LogP contribution is 2.28. The van der Waals surface area contributed by atoms with Crippen LogP contribution in [0.2, 0.25) is 0 Å². The van der Waals surface area contributed by atoms with Crippen molar-refractivity contribution in [3.05, 3.63) is 35.9 Å². The summed E-state index contributed by atoms with van der Waals surface area (Å²) >= 11 is 0. The lowest BCUT2D eigenvalue weighted by Crippen LogP contribution is -2.52. The van der Waals surface area contributed by atoms with Crippen molar-refractivity contribution in [1.29, 1.82) is 0 Å². The zero-order chi connectivity index (χ0) is 12.4. The first kappa shape index (κ1) is 12.1. The molecule has 0 radical (unpaired) electrons. The molecule has 92 valence electrons. The number of rotatable bonds is 2. The van der Waals surface area contributed by atoms with Crippen molar-refractivity contribution < 1.29 is 9.53 Å². The van der Waals surface area contributed by atoms with E-state index in [1.807, 2.05) is 25.1 Å². The predicted octanol–water partition coefficient (Wildman–Crippen LogP) is 2.29. The Morgan fingerprint density at radius 2 is 1.88 bits per heavy atom. The average molecular weight is 233 g/mol. The Morgan fingerprint density at radius 3 is 2.47 bits per heavy atom. The normalized spacial score (nSPS) is 29.2. The van der Waals surface area contributed by atoms with Crippen LogP contribution in [-0.2, 0) is 9.53 Å². The second-order valence-corrected chi connectivity index (χ2v) is 4.92. The number of ether oxygens (including phenoxy) is 1. The number of morpholine rings is 1. The topological polar surface area (TPSA) is 38.3 Å². The van der Waals surface area contributed by atoms with Crippen LogP contribution in [-0.4, -0.2) is 18.1 Å². The highest BCUT2D eigenvalue weighted by atomic mass is 16.5. The van der Waals surface area contributed by atoms with Gasteiger partial charge >= 0.3 is 5.97 Å². The summed E-state index contributed by atoms with van der Waals surface area (Å²) in [6, 6.07) is 9.99. The number of carbonyl (C=O) groups is 1. The smallest absolute Gasteiger partial charge is 0.323 e. The largest absolute Gasteiger partial charge is 0.459 e. The van der Waals surface area contributed by atoms with Crippen molar-refractivity contribution in [2.75, 3.05) is 0 Å². The minimum atomic E-state index is -0.241. The lowest BCUT2D eigenvalue weighted by atomic mass is 9.91.